The van der Waals surface area contributed by atoms with Gasteiger partial charge in [-0.2, -0.15) is 0 Å². The first-order chi connectivity index (χ1) is 12.1. The Morgan fingerprint density at radius 2 is 1.92 bits per heavy atom. The van der Waals surface area contributed by atoms with Crippen molar-refractivity contribution in [2.24, 2.45) is 5.92 Å². The number of rotatable bonds is 2. The Balaban J connectivity index is 0.000000363. The average molecular weight is 402 g/mol. The van der Waals surface area contributed by atoms with Crippen molar-refractivity contribution in [2.75, 3.05) is 13.1 Å². The van der Waals surface area contributed by atoms with E-state index in [1.54, 1.807) is 0 Å². The number of hydrogen-bond acceptors (Lipinski definition) is 4. The summed E-state index contributed by atoms with van der Waals surface area (Å²) >= 11 is 12.2. The first kappa shape index (κ1) is 22.5. The number of aliphatic carboxylic acids is 1. The molecule has 1 saturated carbocycles. The number of aliphatic hydroxyl groups is 1. The monoisotopic (exact) mass is 401 g/mol. The third-order valence-electron chi connectivity index (χ3n) is 4.81. The van der Waals surface area contributed by atoms with Crippen LogP contribution in [0.1, 0.15) is 32.8 Å². The van der Waals surface area contributed by atoms with E-state index in [9.17, 15) is 4.79 Å². The van der Waals surface area contributed by atoms with Crippen LogP contribution in [0.15, 0.2) is 30.5 Å². The molecule has 2 N–H and O–H groups in total. The van der Waals surface area contributed by atoms with E-state index in [1.807, 2.05) is 12.9 Å². The van der Waals surface area contributed by atoms with E-state index in [4.69, 9.17) is 38.2 Å². The molecular formula is C19H25Cl2NO4. The minimum absolute atomic E-state index is 0.261. The largest absolute Gasteiger partial charge is 0.515 e. The summed E-state index contributed by atoms with van der Waals surface area (Å²) in [7, 11) is 0. The molecular weight excluding hydrogens is 377 g/mol. The molecule has 7 heteroatoms. The molecule has 26 heavy (non-hydrogen) atoms. The second-order valence-corrected chi connectivity index (χ2v) is 8.21. The van der Waals surface area contributed by atoms with Crippen LogP contribution in [0.3, 0.4) is 0 Å². The first-order valence-corrected chi connectivity index (χ1v) is 8.89. The van der Waals surface area contributed by atoms with E-state index < -0.39 is 5.97 Å². The third kappa shape index (κ3) is 5.22. The van der Waals surface area contributed by atoms with Gasteiger partial charge >= 0.3 is 5.97 Å². The molecule has 0 spiro atoms. The van der Waals surface area contributed by atoms with E-state index in [0.717, 1.165) is 12.5 Å². The van der Waals surface area contributed by atoms with Crippen LogP contribution >= 0.6 is 23.2 Å². The number of carboxylic acid groups (broad SMARTS) is 1. The topological polar surface area (TPSA) is 77.8 Å². The Morgan fingerprint density at radius 1 is 1.31 bits per heavy atom. The molecule has 1 heterocycles. The number of benzene rings is 1. The number of piperidine rings is 1. The molecule has 0 bridgehead atoms. The molecule has 1 aliphatic carbocycles. The molecule has 0 amide bonds. The number of likely N-dealkylation sites (tertiary alicyclic amines) is 1. The minimum Gasteiger partial charge on any atom is -0.515 e. The number of carbonyl (C=O) groups excluding carboxylic acids is 1. The van der Waals surface area contributed by atoms with Gasteiger partial charge in [-0.3, -0.25) is 4.90 Å². The van der Waals surface area contributed by atoms with Crippen molar-refractivity contribution in [2.45, 2.75) is 38.1 Å². The molecule has 3 rings (SSSR count). The quantitative estimate of drug-likeness (QED) is 0.569. The van der Waals surface area contributed by atoms with Crippen molar-refractivity contribution in [3.63, 3.8) is 0 Å². The maximum atomic E-state index is 9.35. The fourth-order valence-corrected chi connectivity index (χ4v) is 3.61. The van der Waals surface area contributed by atoms with Gasteiger partial charge in [0, 0.05) is 24.0 Å². The lowest BCUT2D eigenvalue weighted by Gasteiger charge is -2.34. The standard InChI is InChI=1S/C15H19Cl2N.C3H4O3.CH2O/c1-14(2,3)18-8-11-7-15(11,9-18)10-4-5-12(16)13(17)6-10;4-2-1-3(5)6;1-2/h4-6,11H,7-9H2,1-3H3;1-2,4H,(H,5,6);1H2/b;2-1-;. The lowest BCUT2D eigenvalue weighted by molar-refractivity contribution is -0.131. The summed E-state index contributed by atoms with van der Waals surface area (Å²) in [5, 5.41) is 16.7. The lowest BCUT2D eigenvalue weighted by Crippen LogP contribution is -2.42. The summed E-state index contributed by atoms with van der Waals surface area (Å²) in [6.45, 7) is 11.2. The van der Waals surface area contributed by atoms with Crippen LogP contribution in [0.2, 0.25) is 10.0 Å². The molecule has 2 unspecified atom stereocenters. The van der Waals surface area contributed by atoms with Gasteiger partial charge in [0.1, 0.15) is 6.79 Å². The van der Waals surface area contributed by atoms with Gasteiger partial charge in [-0.25, -0.2) is 4.79 Å². The second-order valence-electron chi connectivity index (χ2n) is 7.39. The Morgan fingerprint density at radius 3 is 2.31 bits per heavy atom. The van der Waals surface area contributed by atoms with E-state index in [2.05, 4.69) is 37.8 Å². The zero-order chi connectivity index (χ0) is 20.1. The molecule has 1 aromatic carbocycles. The molecule has 144 valence electrons. The molecule has 0 radical (unpaired) electrons. The van der Waals surface area contributed by atoms with Crippen molar-refractivity contribution in [3.05, 3.63) is 46.1 Å². The fourth-order valence-electron chi connectivity index (χ4n) is 3.31. The summed E-state index contributed by atoms with van der Waals surface area (Å²) in [6, 6.07) is 6.15. The number of carbonyl (C=O) groups is 2. The molecule has 0 aromatic heterocycles. The van der Waals surface area contributed by atoms with Crippen LogP contribution in [0, 0.1) is 5.92 Å². The maximum Gasteiger partial charge on any atom is 0.331 e. The summed E-state index contributed by atoms with van der Waals surface area (Å²) in [5.74, 6) is -0.341. The molecule has 1 aromatic rings. The Labute approximate surface area is 164 Å². The van der Waals surface area contributed by atoms with E-state index >= 15 is 0 Å². The van der Waals surface area contributed by atoms with Crippen molar-refractivity contribution < 1.29 is 19.8 Å². The zero-order valence-electron chi connectivity index (χ0n) is 15.2. The van der Waals surface area contributed by atoms with E-state index in [-0.39, 0.29) is 5.54 Å². The van der Waals surface area contributed by atoms with Crippen molar-refractivity contribution in [1.29, 1.82) is 0 Å². The zero-order valence-corrected chi connectivity index (χ0v) is 16.7. The van der Waals surface area contributed by atoms with Gasteiger partial charge in [0.2, 0.25) is 0 Å². The van der Waals surface area contributed by atoms with Gasteiger partial charge in [0.05, 0.1) is 22.4 Å². The van der Waals surface area contributed by atoms with Gasteiger partial charge in [-0.1, -0.05) is 29.3 Å². The summed E-state index contributed by atoms with van der Waals surface area (Å²) in [5.41, 5.74) is 1.98. The number of carboxylic acids is 1. The summed E-state index contributed by atoms with van der Waals surface area (Å²) in [6.07, 6.45) is 2.42. The smallest absolute Gasteiger partial charge is 0.331 e. The van der Waals surface area contributed by atoms with E-state index in [0.29, 0.717) is 27.8 Å². The SMILES string of the molecule is C=O.CC(C)(C)N1CC2CC2(c2ccc(Cl)c(Cl)c2)C1.O=C(O)/C=C\O. The fraction of sp³-hybridized carbons (Fsp3) is 0.474. The highest BCUT2D eigenvalue weighted by Gasteiger charge is 2.61. The van der Waals surface area contributed by atoms with E-state index in [1.165, 1.54) is 18.5 Å². The van der Waals surface area contributed by atoms with Crippen LogP contribution in [-0.2, 0) is 15.0 Å². The van der Waals surface area contributed by atoms with Crippen LogP contribution in [0.5, 0.6) is 0 Å². The Hall–Kier alpha value is -1.56. The number of nitrogens with zero attached hydrogens (tertiary/aromatic N) is 1. The number of aliphatic hydroxyl groups excluding tert-OH is 1. The Kier molecular flexibility index (Phi) is 7.69. The van der Waals surface area contributed by atoms with Crippen molar-refractivity contribution >= 4 is 36.0 Å². The highest BCUT2D eigenvalue weighted by atomic mass is 35.5. The maximum absolute atomic E-state index is 9.35. The van der Waals surface area contributed by atoms with Gasteiger partial charge in [0.15, 0.2) is 0 Å². The average Bonchev–Trinajstić information content (AvgIpc) is 3.13. The highest BCUT2D eigenvalue weighted by molar-refractivity contribution is 6.42. The van der Waals surface area contributed by atoms with Crippen LogP contribution in [0.25, 0.3) is 0 Å². The molecule has 1 aliphatic heterocycles. The molecule has 2 fully saturated rings. The van der Waals surface area contributed by atoms with Crippen LogP contribution in [-0.4, -0.2) is 46.5 Å². The second kappa shape index (κ2) is 8.89. The summed E-state index contributed by atoms with van der Waals surface area (Å²) < 4.78 is 0. The van der Waals surface area contributed by atoms with Crippen LogP contribution < -0.4 is 0 Å². The number of halogens is 2. The minimum atomic E-state index is -1.14. The normalized spacial score (nSPS) is 24.1. The van der Waals surface area contributed by atoms with Gasteiger partial charge in [-0.05, 0) is 50.8 Å². The molecule has 2 aliphatic rings. The number of hydrogen-bond donors (Lipinski definition) is 2. The Bertz CT molecular complexity index is 672. The van der Waals surface area contributed by atoms with Crippen molar-refractivity contribution in [1.82, 2.24) is 4.90 Å². The molecule has 1 saturated heterocycles. The van der Waals surface area contributed by atoms with Crippen molar-refractivity contribution in [3.8, 4) is 0 Å². The predicted octanol–water partition coefficient (Wildman–Crippen LogP) is 4.32. The summed E-state index contributed by atoms with van der Waals surface area (Å²) in [4.78, 5) is 19.9. The predicted molar refractivity (Wildman–Crippen MR) is 104 cm³/mol. The van der Waals surface area contributed by atoms with Crippen LogP contribution in [0.4, 0.5) is 0 Å². The lowest BCUT2D eigenvalue weighted by atomic mass is 9.94. The third-order valence-corrected chi connectivity index (χ3v) is 5.55. The van der Waals surface area contributed by atoms with Gasteiger partial charge in [-0.15, -0.1) is 0 Å². The first-order valence-electron chi connectivity index (χ1n) is 8.13. The highest BCUT2D eigenvalue weighted by Crippen LogP contribution is 2.60. The molecule has 5 nitrogen and oxygen atoms in total. The van der Waals surface area contributed by atoms with Gasteiger partial charge < -0.3 is 15.0 Å². The number of fused-ring (bicyclic) bond motifs is 1. The molecule has 2 atom stereocenters. The van der Waals surface area contributed by atoms with Gasteiger partial charge in [0.25, 0.3) is 0 Å².